The molecule has 3 aromatic rings. The minimum absolute atomic E-state index is 0.0375. The van der Waals surface area contributed by atoms with Gasteiger partial charge in [0, 0.05) is 17.2 Å². The maximum absolute atomic E-state index is 13.7. The zero-order valence-corrected chi connectivity index (χ0v) is 18.1. The Hall–Kier alpha value is -3.98. The second-order valence-electron chi connectivity index (χ2n) is 7.13. The molecular formula is C24H17FN2O5S. The number of furan rings is 1. The molecule has 2 heterocycles. The van der Waals surface area contributed by atoms with Crippen LogP contribution >= 0.6 is 11.8 Å². The number of Topliss-reactive ketones (excluding diaryl/α,β-unsaturated/α-hetero) is 1. The number of anilines is 1. The topological polar surface area (TPSA) is 96.7 Å². The lowest BCUT2D eigenvalue weighted by Gasteiger charge is -2.12. The van der Waals surface area contributed by atoms with Crippen molar-refractivity contribution in [2.75, 3.05) is 11.9 Å². The molecule has 0 atom stereocenters. The number of thioether (sulfide) groups is 1. The molecule has 0 bridgehead atoms. The monoisotopic (exact) mass is 464 g/mol. The van der Waals surface area contributed by atoms with Gasteiger partial charge >= 0.3 is 0 Å². The summed E-state index contributed by atoms with van der Waals surface area (Å²) in [5.41, 5.74) is 1.29. The highest BCUT2D eigenvalue weighted by Gasteiger charge is 2.36. The molecule has 0 unspecified atom stereocenters. The number of halogens is 1. The number of rotatable bonds is 6. The number of hydrogen-bond acceptors (Lipinski definition) is 6. The Morgan fingerprint density at radius 1 is 1.06 bits per heavy atom. The van der Waals surface area contributed by atoms with Crippen molar-refractivity contribution in [3.05, 3.63) is 82.7 Å². The van der Waals surface area contributed by atoms with Crippen LogP contribution in [0.3, 0.4) is 0 Å². The first-order valence-electron chi connectivity index (χ1n) is 9.83. The Balaban J connectivity index is 1.45. The maximum Gasteiger partial charge on any atom is 0.294 e. The van der Waals surface area contributed by atoms with Gasteiger partial charge in [-0.1, -0.05) is 36.4 Å². The average Bonchev–Trinajstić information content (AvgIpc) is 3.36. The minimum Gasteiger partial charge on any atom is -0.457 e. The first kappa shape index (κ1) is 22.2. The predicted octanol–water partition coefficient (Wildman–Crippen LogP) is 4.96. The van der Waals surface area contributed by atoms with Crippen molar-refractivity contribution >= 4 is 46.4 Å². The molecule has 1 saturated heterocycles. The van der Waals surface area contributed by atoms with Gasteiger partial charge in [0.1, 0.15) is 23.9 Å². The number of nitrogens with zero attached hydrogens (tertiary/aromatic N) is 1. The second-order valence-corrected chi connectivity index (χ2v) is 8.12. The zero-order valence-electron chi connectivity index (χ0n) is 17.3. The third-order valence-corrected chi connectivity index (χ3v) is 5.71. The molecule has 166 valence electrons. The van der Waals surface area contributed by atoms with E-state index in [-0.39, 0.29) is 16.4 Å². The number of nitrogens with one attached hydrogen (secondary N) is 1. The van der Waals surface area contributed by atoms with Gasteiger partial charge in [-0.15, -0.1) is 0 Å². The van der Waals surface area contributed by atoms with Crippen molar-refractivity contribution in [3.8, 4) is 11.3 Å². The van der Waals surface area contributed by atoms with Crippen molar-refractivity contribution in [1.82, 2.24) is 4.90 Å². The largest absolute Gasteiger partial charge is 0.457 e. The quantitative estimate of drug-likeness (QED) is 0.409. The Labute approximate surface area is 192 Å². The fourth-order valence-corrected chi connectivity index (χ4v) is 3.93. The predicted molar refractivity (Wildman–Crippen MR) is 122 cm³/mol. The lowest BCUT2D eigenvalue weighted by atomic mass is 10.1. The van der Waals surface area contributed by atoms with E-state index < -0.39 is 29.4 Å². The van der Waals surface area contributed by atoms with E-state index >= 15 is 0 Å². The van der Waals surface area contributed by atoms with Crippen LogP contribution in [0.15, 0.2) is 70.0 Å². The summed E-state index contributed by atoms with van der Waals surface area (Å²) in [7, 11) is 0. The molecule has 0 spiro atoms. The van der Waals surface area contributed by atoms with Crippen molar-refractivity contribution in [1.29, 1.82) is 0 Å². The summed E-state index contributed by atoms with van der Waals surface area (Å²) < 4.78 is 19.4. The van der Waals surface area contributed by atoms with E-state index in [9.17, 15) is 23.6 Å². The molecule has 1 fully saturated rings. The van der Waals surface area contributed by atoms with Crippen LogP contribution < -0.4 is 5.32 Å². The normalized spacial score (nSPS) is 14.7. The molecule has 3 amide bonds. The molecule has 4 rings (SSSR count). The summed E-state index contributed by atoms with van der Waals surface area (Å²) >= 11 is 0.685. The second kappa shape index (κ2) is 9.25. The van der Waals surface area contributed by atoms with Crippen LogP contribution in [0.4, 0.5) is 14.9 Å². The van der Waals surface area contributed by atoms with E-state index in [1.807, 2.05) is 0 Å². The summed E-state index contributed by atoms with van der Waals surface area (Å²) in [5, 5.41) is 1.74. The van der Waals surface area contributed by atoms with Gasteiger partial charge in [0.15, 0.2) is 5.78 Å². The van der Waals surface area contributed by atoms with Crippen molar-refractivity contribution in [3.63, 3.8) is 0 Å². The number of imide groups is 1. The fraction of sp³-hybridized carbons (Fsp3) is 0.0833. The number of benzene rings is 2. The number of carbonyl (C=O) groups excluding carboxylic acids is 4. The van der Waals surface area contributed by atoms with E-state index in [4.69, 9.17) is 4.42 Å². The van der Waals surface area contributed by atoms with Crippen LogP contribution in [0.2, 0.25) is 0 Å². The summed E-state index contributed by atoms with van der Waals surface area (Å²) in [5.74, 6) is -1.12. The van der Waals surface area contributed by atoms with Gasteiger partial charge in [-0.3, -0.25) is 24.1 Å². The highest BCUT2D eigenvalue weighted by Crippen LogP contribution is 2.33. The first-order valence-corrected chi connectivity index (χ1v) is 10.6. The van der Waals surface area contributed by atoms with Crippen molar-refractivity contribution < 1.29 is 28.0 Å². The van der Waals surface area contributed by atoms with Gasteiger partial charge in [0.05, 0.1) is 10.6 Å². The summed E-state index contributed by atoms with van der Waals surface area (Å²) in [6.45, 7) is 0.943. The van der Waals surface area contributed by atoms with Crippen LogP contribution in [0.25, 0.3) is 17.4 Å². The average molecular weight is 464 g/mol. The van der Waals surface area contributed by atoms with E-state index in [0.717, 1.165) is 10.5 Å². The summed E-state index contributed by atoms with van der Waals surface area (Å²) in [6, 6.07) is 15.8. The molecule has 33 heavy (non-hydrogen) atoms. The standard InChI is InChI=1S/C24H17FN2O5S/c1-14(28)15-6-8-16(9-7-15)20-11-10-17(32-20)12-21-23(30)27(24(31)33-21)13-22(29)26-19-5-3-2-4-18(19)25/h2-12H,13H2,1H3,(H,26,29)/b21-12-. The zero-order chi connectivity index (χ0) is 23.5. The van der Waals surface area contributed by atoms with E-state index in [2.05, 4.69) is 5.32 Å². The molecule has 1 aliphatic heterocycles. The van der Waals surface area contributed by atoms with Gasteiger partial charge in [-0.25, -0.2) is 4.39 Å². The SMILES string of the molecule is CC(=O)c1ccc(-c2ccc(/C=C3\SC(=O)N(CC(=O)Nc4ccccc4F)C3=O)o2)cc1. The van der Waals surface area contributed by atoms with E-state index in [0.29, 0.717) is 28.8 Å². The smallest absolute Gasteiger partial charge is 0.294 e. The van der Waals surface area contributed by atoms with Gasteiger partial charge < -0.3 is 9.73 Å². The third kappa shape index (κ3) is 4.93. The molecule has 2 aromatic carbocycles. The molecule has 7 nitrogen and oxygen atoms in total. The molecule has 1 aromatic heterocycles. The molecular weight excluding hydrogens is 447 g/mol. The lowest BCUT2D eigenvalue weighted by molar-refractivity contribution is -0.127. The Morgan fingerprint density at radius 2 is 1.79 bits per heavy atom. The van der Waals surface area contributed by atoms with Gasteiger partial charge in [-0.2, -0.15) is 0 Å². The minimum atomic E-state index is -0.696. The first-order chi connectivity index (χ1) is 15.8. The summed E-state index contributed by atoms with van der Waals surface area (Å²) in [6.07, 6.45) is 1.42. The Kier molecular flexibility index (Phi) is 6.23. The van der Waals surface area contributed by atoms with Crippen LogP contribution in [0, 0.1) is 5.82 Å². The van der Waals surface area contributed by atoms with Crippen molar-refractivity contribution in [2.45, 2.75) is 6.92 Å². The maximum atomic E-state index is 13.7. The van der Waals surface area contributed by atoms with Crippen LogP contribution in [-0.4, -0.2) is 34.3 Å². The molecule has 0 aliphatic carbocycles. The van der Waals surface area contributed by atoms with Gasteiger partial charge in [0.25, 0.3) is 11.1 Å². The Morgan fingerprint density at radius 3 is 2.48 bits per heavy atom. The van der Waals surface area contributed by atoms with Crippen LogP contribution in [0.5, 0.6) is 0 Å². The molecule has 1 N–H and O–H groups in total. The lowest BCUT2D eigenvalue weighted by Crippen LogP contribution is -2.36. The molecule has 9 heteroatoms. The Bertz CT molecular complexity index is 1300. The highest BCUT2D eigenvalue weighted by atomic mass is 32.2. The number of hydrogen-bond donors (Lipinski definition) is 1. The molecule has 0 radical (unpaired) electrons. The van der Waals surface area contributed by atoms with Crippen molar-refractivity contribution in [2.24, 2.45) is 0 Å². The van der Waals surface area contributed by atoms with E-state index in [1.165, 1.54) is 31.2 Å². The fourth-order valence-electron chi connectivity index (χ4n) is 3.12. The summed E-state index contributed by atoms with van der Waals surface area (Å²) in [4.78, 5) is 49.4. The van der Waals surface area contributed by atoms with Gasteiger partial charge in [0.2, 0.25) is 5.91 Å². The number of para-hydroxylation sites is 1. The third-order valence-electron chi connectivity index (χ3n) is 4.80. The number of amides is 3. The number of carbonyl (C=O) groups is 4. The highest BCUT2D eigenvalue weighted by molar-refractivity contribution is 8.18. The molecule has 0 saturated carbocycles. The number of ketones is 1. The molecule has 1 aliphatic rings. The van der Waals surface area contributed by atoms with Gasteiger partial charge in [-0.05, 0) is 43.0 Å². The van der Waals surface area contributed by atoms with Crippen LogP contribution in [0.1, 0.15) is 23.0 Å². The van der Waals surface area contributed by atoms with Crippen LogP contribution in [-0.2, 0) is 9.59 Å². The van der Waals surface area contributed by atoms with E-state index in [1.54, 1.807) is 42.5 Å².